The van der Waals surface area contributed by atoms with Crippen LogP contribution in [-0.2, 0) is 10.3 Å². The molecule has 0 saturated carbocycles. The predicted molar refractivity (Wildman–Crippen MR) is 61.1 cm³/mol. The number of carboxylic acid groups (broad SMARTS) is 1. The van der Waals surface area contributed by atoms with Crippen molar-refractivity contribution < 1.29 is 23.4 Å². The largest absolute Gasteiger partial charge is 0.478 e. The van der Waals surface area contributed by atoms with Crippen LogP contribution in [0.5, 0.6) is 0 Å². The summed E-state index contributed by atoms with van der Waals surface area (Å²) < 4.78 is 31.3. The Balaban J connectivity index is 2.42. The van der Waals surface area contributed by atoms with E-state index < -0.39 is 29.3 Å². The molecule has 5 nitrogen and oxygen atoms in total. The lowest BCUT2D eigenvalue weighted by Crippen LogP contribution is -2.33. The average Bonchev–Trinajstić information content (AvgIpc) is 2.38. The molecule has 2 rings (SSSR count). The van der Waals surface area contributed by atoms with E-state index in [-0.39, 0.29) is 5.82 Å². The topological polar surface area (TPSA) is 72.3 Å². The van der Waals surface area contributed by atoms with Crippen molar-refractivity contribution in [3.05, 3.63) is 23.3 Å². The molecule has 0 aliphatic carbocycles. The molecule has 0 amide bonds. The fourth-order valence-corrected chi connectivity index (χ4v) is 2.09. The Kier molecular flexibility index (Phi) is 3.75. The van der Waals surface area contributed by atoms with Crippen LogP contribution in [0.15, 0.2) is 6.20 Å². The number of rotatable bonds is 3. The summed E-state index contributed by atoms with van der Waals surface area (Å²) in [5.74, 6) is -1.34. The molecular weight excluding hydrogens is 258 g/mol. The summed E-state index contributed by atoms with van der Waals surface area (Å²) in [4.78, 5) is 18.5. The first-order valence-electron chi connectivity index (χ1n) is 5.97. The van der Waals surface area contributed by atoms with Crippen molar-refractivity contribution in [3.63, 3.8) is 0 Å². The third-order valence-electron chi connectivity index (χ3n) is 3.20. The second-order valence-corrected chi connectivity index (χ2v) is 4.63. The maximum atomic E-state index is 12.9. The minimum atomic E-state index is -2.96. The molecule has 1 aromatic heterocycles. The molecule has 1 saturated heterocycles. The van der Waals surface area contributed by atoms with E-state index in [1.165, 1.54) is 0 Å². The van der Waals surface area contributed by atoms with Crippen molar-refractivity contribution in [3.8, 4) is 0 Å². The Hall–Kier alpha value is -1.63. The summed E-state index contributed by atoms with van der Waals surface area (Å²) in [6.45, 7) is 2.25. The second-order valence-electron chi connectivity index (χ2n) is 4.63. The van der Waals surface area contributed by atoms with Crippen LogP contribution in [0.2, 0.25) is 0 Å². The highest BCUT2D eigenvalue weighted by Gasteiger charge is 2.34. The Labute approximate surface area is 108 Å². The molecule has 7 heteroatoms. The van der Waals surface area contributed by atoms with Gasteiger partial charge in [0.2, 0.25) is 0 Å². The second kappa shape index (κ2) is 5.16. The lowest BCUT2D eigenvalue weighted by Gasteiger charge is -2.32. The molecule has 1 atom stereocenters. The minimum Gasteiger partial charge on any atom is -0.478 e. The van der Waals surface area contributed by atoms with Gasteiger partial charge in [0.15, 0.2) is 5.82 Å². The van der Waals surface area contributed by atoms with E-state index in [0.717, 1.165) is 19.0 Å². The van der Waals surface area contributed by atoms with Gasteiger partial charge in [-0.1, -0.05) is 0 Å². The first kappa shape index (κ1) is 13.8. The van der Waals surface area contributed by atoms with Gasteiger partial charge in [-0.15, -0.1) is 0 Å². The van der Waals surface area contributed by atoms with Crippen LogP contribution in [0.25, 0.3) is 0 Å². The van der Waals surface area contributed by atoms with Crippen LogP contribution in [-0.4, -0.2) is 27.7 Å². The third-order valence-corrected chi connectivity index (χ3v) is 3.20. The van der Waals surface area contributed by atoms with Gasteiger partial charge in [-0.05, 0) is 26.2 Å². The summed E-state index contributed by atoms with van der Waals surface area (Å²) >= 11 is 0. The average molecular weight is 272 g/mol. The lowest BCUT2D eigenvalue weighted by molar-refractivity contribution is -0.0764. The van der Waals surface area contributed by atoms with Crippen molar-refractivity contribution in [1.82, 2.24) is 9.97 Å². The zero-order valence-corrected chi connectivity index (χ0v) is 10.4. The van der Waals surface area contributed by atoms with Gasteiger partial charge < -0.3 is 9.84 Å². The molecule has 1 N–H and O–H groups in total. The van der Waals surface area contributed by atoms with Crippen molar-refractivity contribution in [1.29, 1.82) is 0 Å². The fourth-order valence-electron chi connectivity index (χ4n) is 2.09. The van der Waals surface area contributed by atoms with Crippen molar-refractivity contribution in [2.24, 2.45) is 0 Å². The number of carboxylic acids is 1. The smallest absolute Gasteiger partial charge is 0.339 e. The first-order valence-corrected chi connectivity index (χ1v) is 5.97. The molecule has 104 valence electrons. The zero-order valence-electron chi connectivity index (χ0n) is 10.4. The number of alkyl halides is 2. The van der Waals surface area contributed by atoms with Crippen LogP contribution in [0.3, 0.4) is 0 Å². The van der Waals surface area contributed by atoms with E-state index in [0.29, 0.717) is 13.0 Å². The van der Waals surface area contributed by atoms with Crippen molar-refractivity contribution in [2.45, 2.75) is 38.2 Å². The highest BCUT2D eigenvalue weighted by Crippen LogP contribution is 2.33. The molecule has 1 fully saturated rings. The maximum Gasteiger partial charge on any atom is 0.339 e. The van der Waals surface area contributed by atoms with E-state index in [1.807, 2.05) is 0 Å². The van der Waals surface area contributed by atoms with Crippen molar-refractivity contribution >= 4 is 5.97 Å². The van der Waals surface area contributed by atoms with Gasteiger partial charge in [0.05, 0.1) is 0 Å². The van der Waals surface area contributed by atoms with Crippen LogP contribution in [0, 0.1) is 0 Å². The zero-order chi connectivity index (χ0) is 14.0. The monoisotopic (exact) mass is 272 g/mol. The van der Waals surface area contributed by atoms with Gasteiger partial charge in [0.25, 0.3) is 6.43 Å². The molecule has 1 aliphatic rings. The van der Waals surface area contributed by atoms with Gasteiger partial charge in [0, 0.05) is 12.8 Å². The normalized spacial score (nSPS) is 23.6. The number of nitrogens with zero attached hydrogens (tertiary/aromatic N) is 2. The lowest BCUT2D eigenvalue weighted by atomic mass is 9.95. The van der Waals surface area contributed by atoms with E-state index in [2.05, 4.69) is 9.97 Å². The van der Waals surface area contributed by atoms with E-state index in [4.69, 9.17) is 9.84 Å². The number of ether oxygens (including phenoxy) is 1. The number of hydrogen-bond donors (Lipinski definition) is 1. The molecule has 0 radical (unpaired) electrons. The highest BCUT2D eigenvalue weighted by atomic mass is 19.3. The van der Waals surface area contributed by atoms with E-state index in [1.54, 1.807) is 6.92 Å². The predicted octanol–water partition coefficient (Wildman–Crippen LogP) is 2.53. The van der Waals surface area contributed by atoms with Gasteiger partial charge in [0.1, 0.15) is 16.9 Å². The summed E-state index contributed by atoms with van der Waals surface area (Å²) in [5.41, 5.74) is -2.15. The number of hydrogen-bond acceptors (Lipinski definition) is 4. The Morgan fingerprint density at radius 1 is 1.53 bits per heavy atom. The molecule has 0 aromatic carbocycles. The van der Waals surface area contributed by atoms with Crippen LogP contribution < -0.4 is 0 Å². The molecule has 1 aromatic rings. The molecular formula is C12H14F2N2O3. The van der Waals surface area contributed by atoms with E-state index >= 15 is 0 Å². The SMILES string of the molecule is CC1(c2ncc(C(=O)O)c(C(F)F)n2)CCCCO1. The first-order chi connectivity index (χ1) is 8.94. The van der Waals surface area contributed by atoms with Gasteiger partial charge in [-0.3, -0.25) is 0 Å². The fraction of sp³-hybridized carbons (Fsp3) is 0.583. The quantitative estimate of drug-likeness (QED) is 0.915. The molecule has 19 heavy (non-hydrogen) atoms. The standard InChI is InChI=1S/C12H14F2N2O3/c1-12(4-2-3-5-19-12)11-15-6-7(10(17)18)8(16-11)9(13)14/h6,9H,2-5H2,1H3,(H,17,18). The molecule has 1 aliphatic heterocycles. The minimum absolute atomic E-state index is 0.118. The highest BCUT2D eigenvalue weighted by molar-refractivity contribution is 5.88. The van der Waals surface area contributed by atoms with E-state index in [9.17, 15) is 13.6 Å². The number of halogens is 2. The Morgan fingerprint density at radius 3 is 2.79 bits per heavy atom. The van der Waals surface area contributed by atoms with Gasteiger partial charge in [-0.25, -0.2) is 23.5 Å². The number of carbonyl (C=O) groups is 1. The van der Waals surface area contributed by atoms with Crippen LogP contribution >= 0.6 is 0 Å². The van der Waals surface area contributed by atoms with Gasteiger partial charge >= 0.3 is 5.97 Å². The van der Waals surface area contributed by atoms with Crippen LogP contribution in [0.4, 0.5) is 8.78 Å². The third kappa shape index (κ3) is 2.70. The van der Waals surface area contributed by atoms with Gasteiger partial charge in [-0.2, -0.15) is 0 Å². The maximum absolute atomic E-state index is 12.9. The van der Waals surface area contributed by atoms with Crippen LogP contribution in [0.1, 0.15) is 54.5 Å². The summed E-state index contributed by atoms with van der Waals surface area (Å²) in [6, 6.07) is 0. The number of aromatic carboxylic acids is 1. The molecule has 0 spiro atoms. The summed E-state index contributed by atoms with van der Waals surface area (Å²) in [5, 5.41) is 8.84. The summed E-state index contributed by atoms with van der Waals surface area (Å²) in [7, 11) is 0. The number of aromatic nitrogens is 2. The van der Waals surface area contributed by atoms with Crippen molar-refractivity contribution in [2.75, 3.05) is 6.61 Å². The summed E-state index contributed by atoms with van der Waals surface area (Å²) in [6.07, 6.45) is 0.395. The molecule has 2 heterocycles. The Bertz CT molecular complexity index is 488. The Morgan fingerprint density at radius 2 is 2.26 bits per heavy atom. The molecule has 1 unspecified atom stereocenters. The molecule has 0 bridgehead atoms.